The molecule has 5 nitrogen and oxygen atoms in total. The number of amides is 1. The van der Waals surface area contributed by atoms with Gasteiger partial charge in [-0.05, 0) is 18.7 Å². The zero-order chi connectivity index (χ0) is 15.1. The summed E-state index contributed by atoms with van der Waals surface area (Å²) < 4.78 is 0.971. The van der Waals surface area contributed by atoms with Gasteiger partial charge in [0.05, 0.1) is 13.0 Å². The second-order valence-corrected chi connectivity index (χ2v) is 5.58. The average molecular weight is 380 g/mol. The van der Waals surface area contributed by atoms with Gasteiger partial charge in [-0.25, -0.2) is 0 Å². The average Bonchev–Trinajstić information content (AvgIpc) is 2.39. The Morgan fingerprint density at radius 3 is 2.43 bits per heavy atom. The van der Waals surface area contributed by atoms with Crippen molar-refractivity contribution >= 4 is 40.2 Å². The molecule has 118 valence electrons. The van der Waals surface area contributed by atoms with Gasteiger partial charge in [-0.3, -0.25) is 14.5 Å². The lowest BCUT2D eigenvalue weighted by Crippen LogP contribution is -2.37. The third-order valence-electron chi connectivity index (χ3n) is 2.90. The molecule has 21 heavy (non-hydrogen) atoms. The Kier molecular flexibility index (Phi) is 9.24. The number of halogens is 2. The first-order valence-electron chi connectivity index (χ1n) is 6.28. The lowest BCUT2D eigenvalue weighted by atomic mass is 10.2. The molecular weight excluding hydrogens is 360 g/mol. The molecule has 7 heteroatoms. The van der Waals surface area contributed by atoms with E-state index < -0.39 is 5.97 Å². The highest BCUT2D eigenvalue weighted by molar-refractivity contribution is 9.10. The third kappa shape index (κ3) is 7.45. The molecule has 0 aliphatic heterocycles. The standard InChI is InChI=1S/C14H19BrN2O3.ClH/c1-16(8-7-14(19)20)10-13(18)17(2)9-11-5-3-4-6-12(11)15;/h3-6H,7-10H2,1-2H3,(H,19,20);1H. The van der Waals surface area contributed by atoms with Crippen LogP contribution in [0.1, 0.15) is 12.0 Å². The van der Waals surface area contributed by atoms with Crippen molar-refractivity contribution in [3.63, 3.8) is 0 Å². The number of benzene rings is 1. The van der Waals surface area contributed by atoms with E-state index >= 15 is 0 Å². The number of carboxylic acid groups (broad SMARTS) is 1. The fourth-order valence-electron chi connectivity index (χ4n) is 1.69. The highest BCUT2D eigenvalue weighted by atomic mass is 79.9. The van der Waals surface area contributed by atoms with Crippen LogP contribution in [-0.2, 0) is 16.1 Å². The van der Waals surface area contributed by atoms with E-state index in [1.54, 1.807) is 23.9 Å². The lowest BCUT2D eigenvalue weighted by Gasteiger charge is -2.22. The van der Waals surface area contributed by atoms with Gasteiger partial charge in [0, 0.05) is 24.6 Å². The molecule has 1 aromatic rings. The molecule has 0 spiro atoms. The van der Waals surface area contributed by atoms with Crippen molar-refractivity contribution in [3.8, 4) is 0 Å². The number of hydrogen-bond donors (Lipinski definition) is 1. The van der Waals surface area contributed by atoms with Gasteiger partial charge in [0.15, 0.2) is 0 Å². The van der Waals surface area contributed by atoms with Crippen LogP contribution in [0.5, 0.6) is 0 Å². The fourth-order valence-corrected chi connectivity index (χ4v) is 2.10. The van der Waals surface area contributed by atoms with Crippen LogP contribution in [0.3, 0.4) is 0 Å². The monoisotopic (exact) mass is 378 g/mol. The number of likely N-dealkylation sites (N-methyl/N-ethyl adjacent to an activating group) is 2. The molecule has 0 saturated heterocycles. The molecule has 0 radical (unpaired) electrons. The van der Waals surface area contributed by atoms with E-state index in [-0.39, 0.29) is 31.3 Å². The molecule has 1 rings (SSSR count). The van der Waals surface area contributed by atoms with E-state index in [2.05, 4.69) is 15.9 Å². The van der Waals surface area contributed by atoms with Crippen molar-refractivity contribution in [2.75, 3.05) is 27.2 Å². The summed E-state index contributed by atoms with van der Waals surface area (Å²) in [5, 5.41) is 8.60. The zero-order valence-corrected chi connectivity index (χ0v) is 14.5. The van der Waals surface area contributed by atoms with E-state index in [0.29, 0.717) is 13.1 Å². The van der Waals surface area contributed by atoms with Crippen LogP contribution in [0.15, 0.2) is 28.7 Å². The summed E-state index contributed by atoms with van der Waals surface area (Å²) in [5.41, 5.74) is 1.04. The second-order valence-electron chi connectivity index (χ2n) is 4.72. The molecule has 0 fully saturated rings. The minimum atomic E-state index is -0.856. The Balaban J connectivity index is 0.00000400. The topological polar surface area (TPSA) is 60.9 Å². The van der Waals surface area contributed by atoms with Crippen molar-refractivity contribution in [3.05, 3.63) is 34.3 Å². The number of carbonyl (C=O) groups is 2. The summed E-state index contributed by atoms with van der Waals surface area (Å²) in [6.45, 7) is 1.10. The molecule has 1 amide bonds. The molecule has 0 bridgehead atoms. The Hall–Kier alpha value is -1.11. The number of hydrogen-bond acceptors (Lipinski definition) is 3. The van der Waals surface area contributed by atoms with Crippen LogP contribution < -0.4 is 0 Å². The summed E-state index contributed by atoms with van der Waals surface area (Å²) in [7, 11) is 3.49. The maximum Gasteiger partial charge on any atom is 0.304 e. The smallest absolute Gasteiger partial charge is 0.304 e. The van der Waals surface area contributed by atoms with Crippen LogP contribution in [0, 0.1) is 0 Å². The molecule has 0 atom stereocenters. The molecule has 0 heterocycles. The summed E-state index contributed by atoms with van der Waals surface area (Å²) in [6.07, 6.45) is 0.0394. The van der Waals surface area contributed by atoms with E-state index in [9.17, 15) is 9.59 Å². The number of aliphatic carboxylic acids is 1. The number of rotatable bonds is 7. The van der Waals surface area contributed by atoms with Gasteiger partial charge in [0.1, 0.15) is 0 Å². The van der Waals surface area contributed by atoms with Crippen molar-refractivity contribution in [1.82, 2.24) is 9.80 Å². The second kappa shape index (κ2) is 9.76. The van der Waals surface area contributed by atoms with E-state index in [4.69, 9.17) is 5.11 Å². The molecule has 0 aliphatic rings. The summed E-state index contributed by atoms with van der Waals surface area (Å²) in [5.74, 6) is -0.889. The molecule has 1 aromatic carbocycles. The van der Waals surface area contributed by atoms with Gasteiger partial charge in [-0.15, -0.1) is 12.4 Å². The number of nitrogens with zero attached hydrogens (tertiary/aromatic N) is 2. The largest absolute Gasteiger partial charge is 0.481 e. The van der Waals surface area contributed by atoms with Gasteiger partial charge < -0.3 is 10.0 Å². The maximum absolute atomic E-state index is 12.0. The Bertz CT molecular complexity index is 485. The molecule has 0 aromatic heterocycles. The first-order valence-corrected chi connectivity index (χ1v) is 7.07. The SMILES string of the molecule is CN(CCC(=O)O)CC(=O)N(C)Cc1ccccc1Br.Cl. The Morgan fingerprint density at radius 1 is 1.24 bits per heavy atom. The quantitative estimate of drug-likeness (QED) is 0.789. The lowest BCUT2D eigenvalue weighted by molar-refractivity contribution is -0.138. The normalized spacial score (nSPS) is 10.1. The highest BCUT2D eigenvalue weighted by Crippen LogP contribution is 2.17. The first kappa shape index (κ1) is 19.9. The fraction of sp³-hybridized carbons (Fsp3) is 0.429. The van der Waals surface area contributed by atoms with Gasteiger partial charge in [0.2, 0.25) is 5.91 Å². The Labute approximate surface area is 139 Å². The van der Waals surface area contributed by atoms with Crippen LogP contribution in [0.25, 0.3) is 0 Å². The van der Waals surface area contributed by atoms with Gasteiger partial charge in [0.25, 0.3) is 0 Å². The van der Waals surface area contributed by atoms with Crippen molar-refractivity contribution < 1.29 is 14.7 Å². The number of carboxylic acids is 1. The Morgan fingerprint density at radius 2 is 1.86 bits per heavy atom. The van der Waals surface area contributed by atoms with Crippen LogP contribution >= 0.6 is 28.3 Å². The molecule has 0 aliphatic carbocycles. The van der Waals surface area contributed by atoms with Crippen LogP contribution in [0.2, 0.25) is 0 Å². The maximum atomic E-state index is 12.0. The van der Waals surface area contributed by atoms with Gasteiger partial charge in [-0.2, -0.15) is 0 Å². The highest BCUT2D eigenvalue weighted by Gasteiger charge is 2.13. The molecular formula is C14H20BrClN2O3. The summed E-state index contributed by atoms with van der Waals surface area (Å²) in [6, 6.07) is 7.75. The first-order chi connectivity index (χ1) is 9.40. The summed E-state index contributed by atoms with van der Waals surface area (Å²) in [4.78, 5) is 25.9. The van der Waals surface area contributed by atoms with Crippen LogP contribution in [0.4, 0.5) is 0 Å². The van der Waals surface area contributed by atoms with Crippen LogP contribution in [-0.4, -0.2) is 54.0 Å². The van der Waals surface area contributed by atoms with Gasteiger partial charge in [-0.1, -0.05) is 34.1 Å². The molecule has 0 unspecified atom stereocenters. The van der Waals surface area contributed by atoms with E-state index in [0.717, 1.165) is 10.0 Å². The predicted octanol–water partition coefficient (Wildman–Crippen LogP) is 2.24. The predicted molar refractivity (Wildman–Crippen MR) is 87.6 cm³/mol. The molecule has 1 N–H and O–H groups in total. The van der Waals surface area contributed by atoms with Gasteiger partial charge >= 0.3 is 5.97 Å². The number of carbonyl (C=O) groups excluding carboxylic acids is 1. The van der Waals surface area contributed by atoms with Crippen molar-refractivity contribution in [1.29, 1.82) is 0 Å². The van der Waals surface area contributed by atoms with E-state index in [1.807, 2.05) is 24.3 Å². The minimum Gasteiger partial charge on any atom is -0.481 e. The molecule has 0 saturated carbocycles. The van der Waals surface area contributed by atoms with E-state index in [1.165, 1.54) is 0 Å². The summed E-state index contributed by atoms with van der Waals surface area (Å²) >= 11 is 3.45. The third-order valence-corrected chi connectivity index (χ3v) is 3.68. The zero-order valence-electron chi connectivity index (χ0n) is 12.1. The van der Waals surface area contributed by atoms with Crippen molar-refractivity contribution in [2.45, 2.75) is 13.0 Å². The minimum absolute atomic E-state index is 0. The van der Waals surface area contributed by atoms with Crippen molar-refractivity contribution in [2.24, 2.45) is 0 Å².